The maximum Gasteiger partial charge on any atom is 0.407 e. The molecule has 27 heavy (non-hydrogen) atoms. The summed E-state index contributed by atoms with van der Waals surface area (Å²) in [6.07, 6.45) is 2.99. The molecule has 6 heteroatoms. The maximum absolute atomic E-state index is 12.2. The first kappa shape index (κ1) is 21.2. The molecule has 0 radical (unpaired) electrons. The molecule has 0 aromatic heterocycles. The van der Waals surface area contributed by atoms with E-state index < -0.39 is 5.60 Å². The average Bonchev–Trinajstić information content (AvgIpc) is 2.59. The SMILES string of the molecule is CN(C)C(=O)c1cccc(CN2CCCCC2CNC(=O)OC(C)(C)C)c1. The Kier molecular flexibility index (Phi) is 7.25. The molecule has 1 aliphatic rings. The summed E-state index contributed by atoms with van der Waals surface area (Å²) in [5, 5.41) is 2.91. The van der Waals surface area contributed by atoms with Crippen LogP contribution < -0.4 is 5.32 Å². The van der Waals surface area contributed by atoms with Gasteiger partial charge in [-0.05, 0) is 57.9 Å². The Morgan fingerprint density at radius 3 is 2.67 bits per heavy atom. The lowest BCUT2D eigenvalue weighted by molar-refractivity contribution is 0.0491. The minimum Gasteiger partial charge on any atom is -0.444 e. The van der Waals surface area contributed by atoms with Crippen LogP contribution in [-0.4, -0.2) is 60.6 Å². The van der Waals surface area contributed by atoms with Gasteiger partial charge < -0.3 is 15.0 Å². The summed E-state index contributed by atoms with van der Waals surface area (Å²) in [7, 11) is 3.52. The highest BCUT2D eigenvalue weighted by molar-refractivity contribution is 5.94. The minimum atomic E-state index is -0.490. The molecule has 1 atom stereocenters. The Labute approximate surface area is 162 Å². The van der Waals surface area contributed by atoms with Crippen molar-refractivity contribution in [2.24, 2.45) is 0 Å². The summed E-state index contributed by atoms with van der Waals surface area (Å²) in [4.78, 5) is 28.1. The van der Waals surface area contributed by atoms with E-state index in [2.05, 4.69) is 16.3 Å². The van der Waals surface area contributed by atoms with Gasteiger partial charge in [-0.3, -0.25) is 9.69 Å². The number of rotatable bonds is 5. The number of ether oxygens (including phenoxy) is 1. The number of nitrogens with zero attached hydrogens (tertiary/aromatic N) is 2. The van der Waals surface area contributed by atoms with E-state index in [9.17, 15) is 9.59 Å². The van der Waals surface area contributed by atoms with Crippen molar-refractivity contribution in [2.75, 3.05) is 27.2 Å². The fourth-order valence-electron chi connectivity index (χ4n) is 3.31. The summed E-state index contributed by atoms with van der Waals surface area (Å²) < 4.78 is 5.34. The van der Waals surface area contributed by atoms with Crippen molar-refractivity contribution < 1.29 is 14.3 Å². The number of alkyl carbamates (subject to hydrolysis) is 1. The number of hydrogen-bond donors (Lipinski definition) is 1. The van der Waals surface area contributed by atoms with Crippen molar-refractivity contribution in [3.05, 3.63) is 35.4 Å². The fraction of sp³-hybridized carbons (Fsp3) is 0.619. The first-order valence-electron chi connectivity index (χ1n) is 9.67. The van der Waals surface area contributed by atoms with Crippen molar-refractivity contribution in [3.8, 4) is 0 Å². The third kappa shape index (κ3) is 6.86. The van der Waals surface area contributed by atoms with Crippen molar-refractivity contribution in [2.45, 2.75) is 58.2 Å². The van der Waals surface area contributed by atoms with Gasteiger partial charge in [-0.15, -0.1) is 0 Å². The molecule has 1 saturated heterocycles. The van der Waals surface area contributed by atoms with Crippen LogP contribution in [0.5, 0.6) is 0 Å². The van der Waals surface area contributed by atoms with Crippen molar-refractivity contribution in [1.29, 1.82) is 0 Å². The number of carbonyl (C=O) groups is 2. The van der Waals surface area contributed by atoms with Gasteiger partial charge in [-0.2, -0.15) is 0 Å². The standard InChI is InChI=1S/C21H33N3O3/c1-21(2,3)27-20(26)22-14-18-11-6-7-12-24(18)15-16-9-8-10-17(13-16)19(25)23(4)5/h8-10,13,18H,6-7,11-12,14-15H2,1-5H3,(H,22,26). The Balaban J connectivity index is 1.98. The number of benzene rings is 1. The zero-order valence-electron chi connectivity index (χ0n) is 17.2. The van der Waals surface area contributed by atoms with Crippen molar-refractivity contribution >= 4 is 12.0 Å². The lowest BCUT2D eigenvalue weighted by Crippen LogP contribution is -2.47. The van der Waals surface area contributed by atoms with Gasteiger partial charge in [0.2, 0.25) is 0 Å². The first-order chi connectivity index (χ1) is 12.7. The molecule has 1 heterocycles. The predicted molar refractivity (Wildman–Crippen MR) is 107 cm³/mol. The molecule has 150 valence electrons. The molecule has 0 bridgehead atoms. The van der Waals surface area contributed by atoms with E-state index >= 15 is 0 Å². The van der Waals surface area contributed by atoms with Gasteiger partial charge in [0.1, 0.15) is 5.60 Å². The topological polar surface area (TPSA) is 61.9 Å². The Morgan fingerprint density at radius 1 is 1.26 bits per heavy atom. The fourth-order valence-corrected chi connectivity index (χ4v) is 3.31. The zero-order valence-corrected chi connectivity index (χ0v) is 17.2. The maximum atomic E-state index is 12.2. The number of nitrogens with one attached hydrogen (secondary N) is 1. The summed E-state index contributed by atoms with van der Waals surface area (Å²) in [6.45, 7) is 7.93. The van der Waals surface area contributed by atoms with Gasteiger partial charge >= 0.3 is 6.09 Å². The second kappa shape index (κ2) is 9.22. The monoisotopic (exact) mass is 375 g/mol. The highest BCUT2D eigenvalue weighted by Gasteiger charge is 2.24. The summed E-state index contributed by atoms with van der Waals surface area (Å²) in [5.74, 6) is 0.0126. The molecule has 2 rings (SSSR count). The Morgan fingerprint density at radius 2 is 2.00 bits per heavy atom. The van der Waals surface area contributed by atoms with E-state index in [0.29, 0.717) is 12.1 Å². The second-order valence-corrected chi connectivity index (χ2v) is 8.40. The third-order valence-corrected chi connectivity index (χ3v) is 4.60. The minimum absolute atomic E-state index is 0.0126. The van der Waals surface area contributed by atoms with Crippen LogP contribution in [0.2, 0.25) is 0 Å². The van der Waals surface area contributed by atoms with Gasteiger partial charge in [0, 0.05) is 38.8 Å². The van der Waals surface area contributed by atoms with E-state index in [0.717, 1.165) is 37.9 Å². The van der Waals surface area contributed by atoms with Gasteiger partial charge in [0.15, 0.2) is 0 Å². The third-order valence-electron chi connectivity index (χ3n) is 4.60. The largest absolute Gasteiger partial charge is 0.444 e. The highest BCUT2D eigenvalue weighted by Crippen LogP contribution is 2.20. The lowest BCUT2D eigenvalue weighted by Gasteiger charge is -2.36. The molecule has 2 amide bonds. The summed E-state index contributed by atoms with van der Waals surface area (Å²) in [6, 6.07) is 8.09. The molecule has 0 saturated carbocycles. The van der Waals surface area contributed by atoms with Gasteiger partial charge in [-0.1, -0.05) is 18.6 Å². The Bertz CT molecular complexity index is 652. The molecule has 0 spiro atoms. The van der Waals surface area contributed by atoms with Crippen LogP contribution in [0.15, 0.2) is 24.3 Å². The molecule has 1 aromatic rings. The predicted octanol–water partition coefficient (Wildman–Crippen LogP) is 3.27. The lowest BCUT2D eigenvalue weighted by atomic mass is 10.0. The van der Waals surface area contributed by atoms with Crippen LogP contribution >= 0.6 is 0 Å². The number of piperidine rings is 1. The second-order valence-electron chi connectivity index (χ2n) is 8.40. The number of hydrogen-bond acceptors (Lipinski definition) is 4. The van der Waals surface area contributed by atoms with Gasteiger partial charge in [0.05, 0.1) is 0 Å². The molecule has 6 nitrogen and oxygen atoms in total. The van der Waals surface area contributed by atoms with E-state index in [1.54, 1.807) is 19.0 Å². The molecule has 1 aromatic carbocycles. The molecule has 1 N–H and O–H groups in total. The van der Waals surface area contributed by atoms with Crippen molar-refractivity contribution in [3.63, 3.8) is 0 Å². The van der Waals surface area contributed by atoms with E-state index in [4.69, 9.17) is 4.74 Å². The van der Waals surface area contributed by atoms with Crippen molar-refractivity contribution in [1.82, 2.24) is 15.1 Å². The highest BCUT2D eigenvalue weighted by atomic mass is 16.6. The van der Waals surface area contributed by atoms with Crippen LogP contribution in [0, 0.1) is 0 Å². The first-order valence-corrected chi connectivity index (χ1v) is 9.67. The van der Waals surface area contributed by atoms with Crippen LogP contribution in [0.4, 0.5) is 4.79 Å². The van der Waals surface area contributed by atoms with E-state index in [1.807, 2.05) is 39.0 Å². The normalized spacial score (nSPS) is 18.0. The van der Waals surface area contributed by atoms with Crippen LogP contribution in [0.1, 0.15) is 56.0 Å². The number of carbonyl (C=O) groups excluding carboxylic acids is 2. The smallest absolute Gasteiger partial charge is 0.407 e. The van der Waals surface area contributed by atoms with Crippen LogP contribution in [0.3, 0.4) is 0 Å². The van der Waals surface area contributed by atoms with E-state index in [1.165, 1.54) is 0 Å². The molecule has 1 unspecified atom stereocenters. The van der Waals surface area contributed by atoms with Gasteiger partial charge in [0.25, 0.3) is 5.91 Å². The summed E-state index contributed by atoms with van der Waals surface area (Å²) in [5.41, 5.74) is 1.33. The Hall–Kier alpha value is -2.08. The van der Waals surface area contributed by atoms with Crippen LogP contribution in [0.25, 0.3) is 0 Å². The van der Waals surface area contributed by atoms with E-state index in [-0.39, 0.29) is 18.0 Å². The summed E-state index contributed by atoms with van der Waals surface area (Å²) >= 11 is 0. The zero-order chi connectivity index (χ0) is 20.0. The molecule has 0 aliphatic carbocycles. The molecule has 1 fully saturated rings. The van der Waals surface area contributed by atoms with Crippen LogP contribution in [-0.2, 0) is 11.3 Å². The quantitative estimate of drug-likeness (QED) is 0.858. The molecule has 1 aliphatic heterocycles. The number of likely N-dealkylation sites (tertiary alicyclic amines) is 1. The van der Waals surface area contributed by atoms with Gasteiger partial charge in [-0.25, -0.2) is 4.79 Å². The molecular formula is C21H33N3O3. The average molecular weight is 376 g/mol. The number of amides is 2. The molecular weight excluding hydrogens is 342 g/mol.